The fourth-order valence-corrected chi connectivity index (χ4v) is 3.02. The Hall–Kier alpha value is -1.56. The molecule has 0 aromatic heterocycles. The topological polar surface area (TPSA) is 0 Å². The summed E-state index contributed by atoms with van der Waals surface area (Å²) in [5.74, 6) is 0. The van der Waals surface area contributed by atoms with Crippen molar-refractivity contribution >= 4 is 16.3 Å². The van der Waals surface area contributed by atoms with Gasteiger partial charge in [0.1, 0.15) is 0 Å². The molecule has 0 N–H and O–H groups in total. The van der Waals surface area contributed by atoms with Gasteiger partial charge in [0.15, 0.2) is 0 Å². The fourth-order valence-electron chi connectivity index (χ4n) is 3.02. The van der Waals surface area contributed by atoms with E-state index in [1.54, 1.807) is 0 Å². The van der Waals surface area contributed by atoms with Crippen molar-refractivity contribution in [3.05, 3.63) is 52.1 Å². The summed E-state index contributed by atoms with van der Waals surface area (Å²) in [7, 11) is 0. The highest BCUT2D eigenvalue weighted by Crippen LogP contribution is 2.39. The molecule has 0 spiro atoms. The molecule has 0 bridgehead atoms. The first kappa shape index (κ1) is 10.6. The molecule has 0 fully saturated rings. The van der Waals surface area contributed by atoms with Crippen LogP contribution in [-0.2, 0) is 6.42 Å². The molecule has 0 atom stereocenters. The van der Waals surface area contributed by atoms with Crippen LogP contribution in [0.1, 0.15) is 36.1 Å². The van der Waals surface area contributed by atoms with Crippen LogP contribution in [0, 0.1) is 13.8 Å². The lowest BCUT2D eigenvalue weighted by Gasteiger charge is -2.23. The van der Waals surface area contributed by atoms with Crippen LogP contribution in [-0.4, -0.2) is 0 Å². The normalized spacial score (nSPS) is 14.6. The molecule has 2 aromatic carbocycles. The fraction of sp³-hybridized carbons (Fsp3) is 0.294. The van der Waals surface area contributed by atoms with Gasteiger partial charge in [-0.2, -0.15) is 0 Å². The summed E-state index contributed by atoms with van der Waals surface area (Å²) in [6, 6.07) is 9.02. The predicted molar refractivity (Wildman–Crippen MR) is 75.4 cm³/mol. The molecular formula is C17H18. The minimum Gasteiger partial charge on any atom is -0.0654 e. The van der Waals surface area contributed by atoms with Gasteiger partial charge in [0.2, 0.25) is 0 Å². The molecule has 0 amide bonds. The van der Waals surface area contributed by atoms with Gasteiger partial charge in [0.05, 0.1) is 0 Å². The van der Waals surface area contributed by atoms with Crippen LogP contribution in [0.2, 0.25) is 0 Å². The van der Waals surface area contributed by atoms with E-state index < -0.39 is 0 Å². The third-order valence-electron chi connectivity index (χ3n) is 4.24. The van der Waals surface area contributed by atoms with Gasteiger partial charge < -0.3 is 0 Å². The van der Waals surface area contributed by atoms with Gasteiger partial charge in [0.25, 0.3) is 0 Å². The zero-order chi connectivity index (χ0) is 12.2. The second-order valence-electron chi connectivity index (χ2n) is 5.29. The van der Waals surface area contributed by atoms with Gasteiger partial charge in [-0.1, -0.05) is 29.8 Å². The third kappa shape index (κ3) is 1.37. The smallest absolute Gasteiger partial charge is 0.00576 e. The molecule has 0 nitrogen and oxygen atoms in total. The van der Waals surface area contributed by atoms with E-state index in [9.17, 15) is 0 Å². The van der Waals surface area contributed by atoms with Crippen molar-refractivity contribution in [2.45, 2.75) is 34.1 Å². The molecule has 0 saturated heterocycles. The largest absolute Gasteiger partial charge is 0.0654 e. The summed E-state index contributed by atoms with van der Waals surface area (Å²) >= 11 is 0. The number of hydrogen-bond acceptors (Lipinski definition) is 0. The van der Waals surface area contributed by atoms with Crippen molar-refractivity contribution in [1.29, 1.82) is 0 Å². The van der Waals surface area contributed by atoms with E-state index in [2.05, 4.69) is 52.0 Å². The maximum Gasteiger partial charge on any atom is -0.00576 e. The summed E-state index contributed by atoms with van der Waals surface area (Å²) < 4.78 is 0. The van der Waals surface area contributed by atoms with E-state index in [0.717, 1.165) is 6.42 Å². The Kier molecular flexibility index (Phi) is 2.16. The highest BCUT2D eigenvalue weighted by Gasteiger charge is 2.18. The maximum atomic E-state index is 2.33. The number of allylic oxidation sites excluding steroid dienone is 2. The summed E-state index contributed by atoms with van der Waals surface area (Å²) in [6.07, 6.45) is 1.11. The Morgan fingerprint density at radius 2 is 1.76 bits per heavy atom. The van der Waals surface area contributed by atoms with E-state index >= 15 is 0 Å². The van der Waals surface area contributed by atoms with Crippen molar-refractivity contribution in [1.82, 2.24) is 0 Å². The van der Waals surface area contributed by atoms with E-state index in [1.807, 2.05) is 0 Å². The van der Waals surface area contributed by atoms with Crippen LogP contribution in [0.4, 0.5) is 0 Å². The van der Waals surface area contributed by atoms with Crippen molar-refractivity contribution in [3.63, 3.8) is 0 Å². The Balaban J connectivity index is 2.57. The average molecular weight is 222 g/mol. The summed E-state index contributed by atoms with van der Waals surface area (Å²) in [5, 5.41) is 2.88. The molecule has 1 aliphatic rings. The molecule has 0 aliphatic heterocycles. The van der Waals surface area contributed by atoms with Gasteiger partial charge in [-0.3, -0.25) is 0 Å². The zero-order valence-electron chi connectivity index (χ0n) is 11.0. The van der Waals surface area contributed by atoms with Crippen molar-refractivity contribution in [3.8, 4) is 0 Å². The first-order valence-electron chi connectivity index (χ1n) is 6.28. The number of hydrogen-bond donors (Lipinski definition) is 0. The highest BCUT2D eigenvalue weighted by atomic mass is 14.2. The van der Waals surface area contributed by atoms with Gasteiger partial charge in [-0.15, -0.1) is 0 Å². The van der Waals surface area contributed by atoms with Gasteiger partial charge in [0, 0.05) is 0 Å². The van der Waals surface area contributed by atoms with Crippen LogP contribution < -0.4 is 0 Å². The first-order chi connectivity index (χ1) is 8.09. The first-order valence-corrected chi connectivity index (χ1v) is 6.28. The molecule has 3 rings (SSSR count). The molecule has 17 heavy (non-hydrogen) atoms. The van der Waals surface area contributed by atoms with E-state index in [4.69, 9.17) is 0 Å². The van der Waals surface area contributed by atoms with E-state index in [0.29, 0.717) is 0 Å². The number of benzene rings is 2. The summed E-state index contributed by atoms with van der Waals surface area (Å²) in [5.41, 5.74) is 8.82. The lowest BCUT2D eigenvalue weighted by molar-refractivity contribution is 1.13. The summed E-state index contributed by atoms with van der Waals surface area (Å²) in [4.78, 5) is 0. The zero-order valence-corrected chi connectivity index (χ0v) is 11.0. The third-order valence-corrected chi connectivity index (χ3v) is 4.24. The molecule has 0 heterocycles. The van der Waals surface area contributed by atoms with E-state index in [-0.39, 0.29) is 0 Å². The molecule has 0 heteroatoms. The van der Waals surface area contributed by atoms with Crippen LogP contribution in [0.3, 0.4) is 0 Å². The van der Waals surface area contributed by atoms with Gasteiger partial charge in [-0.25, -0.2) is 0 Å². The molecule has 2 aromatic rings. The monoisotopic (exact) mass is 222 g/mol. The highest BCUT2D eigenvalue weighted by molar-refractivity contribution is 6.00. The van der Waals surface area contributed by atoms with Gasteiger partial charge in [-0.05, 0) is 72.7 Å². The maximum absolute atomic E-state index is 2.33. The Morgan fingerprint density at radius 1 is 1.00 bits per heavy atom. The second-order valence-corrected chi connectivity index (χ2v) is 5.29. The molecule has 0 unspecified atom stereocenters. The molecule has 1 aliphatic carbocycles. The minimum atomic E-state index is 1.11. The predicted octanol–water partition coefficient (Wildman–Crippen LogP) is 4.81. The standard InChI is InChI=1S/C17H18/c1-10-8-14-6-5-7-15-9-11(2)13(4)16(12(10)3)17(14)15/h5-8H,9H2,1-4H3. The number of aryl methyl sites for hydroxylation is 1. The molecule has 0 saturated carbocycles. The van der Waals surface area contributed by atoms with Crippen LogP contribution in [0.25, 0.3) is 16.3 Å². The lowest BCUT2D eigenvalue weighted by atomic mass is 9.81. The van der Waals surface area contributed by atoms with E-state index in [1.165, 1.54) is 44.2 Å². The van der Waals surface area contributed by atoms with Crippen LogP contribution in [0.15, 0.2) is 29.8 Å². The van der Waals surface area contributed by atoms with Crippen LogP contribution in [0.5, 0.6) is 0 Å². The average Bonchev–Trinajstić information content (AvgIpc) is 2.29. The number of rotatable bonds is 0. The van der Waals surface area contributed by atoms with Crippen molar-refractivity contribution < 1.29 is 0 Å². The van der Waals surface area contributed by atoms with Crippen molar-refractivity contribution in [2.24, 2.45) is 0 Å². The minimum absolute atomic E-state index is 1.11. The van der Waals surface area contributed by atoms with Crippen LogP contribution >= 0.6 is 0 Å². The Bertz CT molecular complexity index is 657. The lowest BCUT2D eigenvalue weighted by Crippen LogP contribution is -2.04. The Labute approximate surface area is 103 Å². The SMILES string of the molecule is CC1=C(C)c2c(C)c(C)cc3cccc(c23)C1. The molecular weight excluding hydrogens is 204 g/mol. The quantitative estimate of drug-likeness (QED) is 0.600. The Morgan fingerprint density at radius 3 is 2.53 bits per heavy atom. The van der Waals surface area contributed by atoms with Gasteiger partial charge >= 0.3 is 0 Å². The van der Waals surface area contributed by atoms with Crippen molar-refractivity contribution in [2.75, 3.05) is 0 Å². The molecule has 0 radical (unpaired) electrons. The second kappa shape index (κ2) is 3.46. The molecule has 86 valence electrons. The summed E-state index contributed by atoms with van der Waals surface area (Å²) in [6.45, 7) is 9.00.